The van der Waals surface area contributed by atoms with Crippen LogP contribution in [0.4, 0.5) is 0 Å². The normalized spacial score (nSPS) is 30.6. The predicted molar refractivity (Wildman–Crippen MR) is 149 cm³/mol. The number of epoxide rings is 1. The van der Waals surface area contributed by atoms with E-state index in [9.17, 15) is 19.2 Å². The molecule has 0 aromatic heterocycles. The molecule has 0 spiro atoms. The van der Waals surface area contributed by atoms with Gasteiger partial charge in [0.25, 0.3) is 0 Å². The fraction of sp³-hybridized carbons (Fsp3) is 0.613. The van der Waals surface area contributed by atoms with Gasteiger partial charge in [0.15, 0.2) is 12.2 Å². The third-order valence-corrected chi connectivity index (χ3v) is 6.48. The van der Waals surface area contributed by atoms with E-state index in [0.29, 0.717) is 19.3 Å². The van der Waals surface area contributed by atoms with Gasteiger partial charge in [0.05, 0.1) is 6.10 Å². The molecule has 2 heterocycles. The summed E-state index contributed by atoms with van der Waals surface area (Å²) < 4.78 is 28.3. The lowest BCUT2D eigenvalue weighted by molar-refractivity contribution is -0.169. The van der Waals surface area contributed by atoms with Crippen LogP contribution in [-0.2, 0) is 42.9 Å². The first kappa shape index (κ1) is 33.0. The van der Waals surface area contributed by atoms with Gasteiger partial charge < -0.3 is 23.7 Å². The molecule has 2 aliphatic heterocycles. The molecule has 0 bridgehead atoms. The number of allylic oxidation sites excluding steroid dienone is 5. The molecule has 9 heteroatoms. The smallest absolute Gasteiger partial charge is 0.306 e. The van der Waals surface area contributed by atoms with E-state index in [0.717, 1.165) is 6.42 Å². The van der Waals surface area contributed by atoms with Crippen LogP contribution >= 0.6 is 0 Å². The van der Waals surface area contributed by atoms with Gasteiger partial charge in [-0.3, -0.25) is 19.2 Å². The molecule has 2 rings (SSSR count). The van der Waals surface area contributed by atoms with Crippen LogP contribution in [0.25, 0.3) is 0 Å². The van der Waals surface area contributed by atoms with Crippen molar-refractivity contribution in [2.45, 2.75) is 110 Å². The zero-order valence-electron chi connectivity index (χ0n) is 24.4. The highest BCUT2D eigenvalue weighted by molar-refractivity contribution is 5.70. The molecule has 0 aromatic carbocycles. The fourth-order valence-corrected chi connectivity index (χ4v) is 4.54. The maximum Gasteiger partial charge on any atom is 0.306 e. The lowest BCUT2D eigenvalue weighted by Crippen LogP contribution is -2.37. The first-order valence-corrected chi connectivity index (χ1v) is 14.0. The molecular weight excluding hydrogens is 516 g/mol. The van der Waals surface area contributed by atoms with Crippen molar-refractivity contribution in [1.82, 2.24) is 0 Å². The van der Waals surface area contributed by atoms with Gasteiger partial charge in [0.2, 0.25) is 0 Å². The summed E-state index contributed by atoms with van der Waals surface area (Å²) in [4.78, 5) is 48.5. The summed E-state index contributed by atoms with van der Waals surface area (Å²) in [6.07, 6.45) is 13.6. The first-order chi connectivity index (χ1) is 19.0. The summed E-state index contributed by atoms with van der Waals surface area (Å²) in [6, 6.07) is 0. The molecule has 0 aromatic rings. The Balaban J connectivity index is 2.30. The van der Waals surface area contributed by atoms with Gasteiger partial charge in [0, 0.05) is 33.6 Å². The summed E-state index contributed by atoms with van der Waals surface area (Å²) in [6.45, 7) is 9.82. The maximum atomic E-state index is 13.0. The van der Waals surface area contributed by atoms with Crippen LogP contribution in [-0.4, -0.2) is 60.5 Å². The lowest BCUT2D eigenvalue weighted by atomic mass is 9.95. The van der Waals surface area contributed by atoms with Crippen molar-refractivity contribution in [3.8, 4) is 0 Å². The number of fused-ring (bicyclic) bond motifs is 1. The summed E-state index contributed by atoms with van der Waals surface area (Å²) in [7, 11) is 0. The minimum absolute atomic E-state index is 0.0764. The maximum absolute atomic E-state index is 13.0. The molecule has 1 saturated heterocycles. The van der Waals surface area contributed by atoms with Gasteiger partial charge in [-0.25, -0.2) is 0 Å². The molecule has 40 heavy (non-hydrogen) atoms. The number of rotatable bonds is 9. The van der Waals surface area contributed by atoms with Crippen LogP contribution < -0.4 is 0 Å². The Morgan fingerprint density at radius 1 is 1.02 bits per heavy atom. The second kappa shape index (κ2) is 16.8. The average molecular weight is 561 g/mol. The van der Waals surface area contributed by atoms with E-state index in [1.807, 2.05) is 32.9 Å². The largest absolute Gasteiger partial charge is 0.459 e. The minimum Gasteiger partial charge on any atom is -0.459 e. The number of cyclic esters (lactones) is 1. The van der Waals surface area contributed by atoms with E-state index in [-0.39, 0.29) is 30.5 Å². The Hall–Kier alpha value is -3.20. The Morgan fingerprint density at radius 3 is 2.33 bits per heavy atom. The second-order valence-corrected chi connectivity index (χ2v) is 10.5. The number of ether oxygens (including phenoxy) is 5. The summed E-state index contributed by atoms with van der Waals surface area (Å²) >= 11 is 0. The van der Waals surface area contributed by atoms with Crippen LogP contribution in [0.15, 0.2) is 48.6 Å². The van der Waals surface area contributed by atoms with Crippen molar-refractivity contribution in [3.63, 3.8) is 0 Å². The number of hydrogen-bond donors (Lipinski definition) is 0. The highest BCUT2D eigenvalue weighted by Gasteiger charge is 2.43. The van der Waals surface area contributed by atoms with Crippen LogP contribution in [0, 0.1) is 11.8 Å². The standard InChI is InChI=1S/C31H44O9/c1-7-8-9-10-12-20(2)17-28(38-24(6)34)30-19-29-27(39-29)16-15-26(37-23(5)33)25(36-22(4)32)14-11-13-21(3)18-31(35)40-30/h7-8,10-12,14-16,20-21,25-30H,9,13,17-19H2,1-6H3/b8-7+,12-10+,14-11+,16-15+/t20-,21-,25-,26-,27-,28-,29-,30-/m0/s1. The van der Waals surface area contributed by atoms with Crippen molar-refractivity contribution in [2.24, 2.45) is 11.8 Å². The summed E-state index contributed by atoms with van der Waals surface area (Å²) in [5.41, 5.74) is 0. The number of carbonyl (C=O) groups is 4. The molecule has 0 radical (unpaired) electrons. The summed E-state index contributed by atoms with van der Waals surface area (Å²) in [5, 5.41) is 0. The van der Waals surface area contributed by atoms with Gasteiger partial charge in [0.1, 0.15) is 18.3 Å². The highest BCUT2D eigenvalue weighted by atomic mass is 16.6. The topological polar surface area (TPSA) is 118 Å². The first-order valence-electron chi connectivity index (χ1n) is 14.0. The van der Waals surface area contributed by atoms with E-state index in [2.05, 4.69) is 12.2 Å². The SMILES string of the molecule is C/C=C/C/C=C/[C@H](C)C[C@H](OC(C)=O)[C@@H]1C[C@@H]2O[C@H]2/C=C/[C@H](OC(C)=O)[C@@H](OC(C)=O)/C=C/C[C@H](C)CC(=O)O1. The number of esters is 4. The molecule has 9 nitrogen and oxygen atoms in total. The quantitative estimate of drug-likeness (QED) is 0.167. The molecular formula is C31H44O9. The Kier molecular flexibility index (Phi) is 13.9. The molecule has 1 fully saturated rings. The molecule has 222 valence electrons. The lowest BCUT2D eigenvalue weighted by Gasteiger charge is -2.28. The Morgan fingerprint density at radius 2 is 1.70 bits per heavy atom. The zero-order chi connectivity index (χ0) is 29.7. The van der Waals surface area contributed by atoms with Gasteiger partial charge in [-0.15, -0.1) is 0 Å². The molecule has 0 aliphatic carbocycles. The number of carbonyl (C=O) groups excluding carboxylic acids is 4. The minimum atomic E-state index is -0.847. The molecule has 0 unspecified atom stereocenters. The predicted octanol–water partition coefficient (Wildman–Crippen LogP) is 4.94. The van der Waals surface area contributed by atoms with Crippen molar-refractivity contribution in [3.05, 3.63) is 48.6 Å². The third kappa shape index (κ3) is 12.8. The fourth-order valence-electron chi connectivity index (χ4n) is 4.54. The molecule has 0 N–H and O–H groups in total. The van der Waals surface area contributed by atoms with Crippen LogP contribution in [0.2, 0.25) is 0 Å². The van der Waals surface area contributed by atoms with Crippen molar-refractivity contribution >= 4 is 23.9 Å². The van der Waals surface area contributed by atoms with Crippen molar-refractivity contribution in [2.75, 3.05) is 0 Å². The molecule has 0 saturated carbocycles. The number of hydrogen-bond acceptors (Lipinski definition) is 9. The van der Waals surface area contributed by atoms with Gasteiger partial charge in [-0.1, -0.05) is 50.3 Å². The Bertz CT molecular complexity index is 979. The van der Waals surface area contributed by atoms with E-state index in [4.69, 9.17) is 23.7 Å². The van der Waals surface area contributed by atoms with E-state index in [1.54, 1.807) is 24.3 Å². The van der Waals surface area contributed by atoms with E-state index in [1.165, 1.54) is 20.8 Å². The van der Waals surface area contributed by atoms with E-state index < -0.39 is 48.3 Å². The molecule has 8 atom stereocenters. The third-order valence-electron chi connectivity index (χ3n) is 6.48. The van der Waals surface area contributed by atoms with Crippen molar-refractivity contribution in [1.29, 1.82) is 0 Å². The van der Waals surface area contributed by atoms with Gasteiger partial charge in [-0.05, 0) is 50.2 Å². The molecule has 2 aliphatic rings. The Labute approximate surface area is 237 Å². The van der Waals surface area contributed by atoms with Crippen LogP contribution in [0.3, 0.4) is 0 Å². The highest BCUT2D eigenvalue weighted by Crippen LogP contribution is 2.32. The average Bonchev–Trinajstić information content (AvgIpc) is 3.59. The van der Waals surface area contributed by atoms with Crippen molar-refractivity contribution < 1.29 is 42.9 Å². The molecule has 0 amide bonds. The van der Waals surface area contributed by atoms with Crippen LogP contribution in [0.1, 0.15) is 73.6 Å². The zero-order valence-corrected chi connectivity index (χ0v) is 24.4. The van der Waals surface area contributed by atoms with Crippen LogP contribution in [0.5, 0.6) is 0 Å². The van der Waals surface area contributed by atoms with Gasteiger partial charge in [-0.2, -0.15) is 0 Å². The van der Waals surface area contributed by atoms with E-state index >= 15 is 0 Å². The van der Waals surface area contributed by atoms with Gasteiger partial charge >= 0.3 is 23.9 Å². The second-order valence-electron chi connectivity index (χ2n) is 10.5. The monoisotopic (exact) mass is 560 g/mol. The summed E-state index contributed by atoms with van der Waals surface area (Å²) in [5.74, 6) is -1.88.